The van der Waals surface area contributed by atoms with Crippen molar-refractivity contribution in [1.29, 1.82) is 0 Å². The maximum atomic E-state index is 15.2. The Bertz CT molecular complexity index is 2610. The van der Waals surface area contributed by atoms with E-state index in [-0.39, 0.29) is 103 Å². The van der Waals surface area contributed by atoms with Gasteiger partial charge in [0, 0.05) is 36.4 Å². The third-order valence-electron chi connectivity index (χ3n) is 10.2. The van der Waals surface area contributed by atoms with Crippen LogP contribution in [0.5, 0.6) is 69.0 Å². The fourth-order valence-electron chi connectivity index (χ4n) is 6.51. The molecule has 0 aliphatic heterocycles. The van der Waals surface area contributed by atoms with Crippen molar-refractivity contribution >= 4 is 46.1 Å². The first-order chi connectivity index (χ1) is 33.6. The zero-order valence-corrected chi connectivity index (χ0v) is 41.5. The minimum atomic E-state index is -2.73. The van der Waals surface area contributed by atoms with Gasteiger partial charge in [0.1, 0.15) is 69.0 Å². The maximum absolute atomic E-state index is 15.2. The molecule has 0 saturated heterocycles. The van der Waals surface area contributed by atoms with Crippen LogP contribution in [0.3, 0.4) is 0 Å². The summed E-state index contributed by atoms with van der Waals surface area (Å²) in [5, 5.41) is 0. The number of hydrogen-bond acceptors (Lipinski definition) is 17. The normalized spacial score (nSPS) is 10.7. The van der Waals surface area contributed by atoms with E-state index in [1.54, 1.807) is 24.3 Å². The molecule has 6 aromatic rings. The number of carbonyl (C=O) groups is 5. The van der Waals surface area contributed by atoms with Crippen molar-refractivity contribution in [2.24, 2.45) is 0 Å². The van der Waals surface area contributed by atoms with Crippen LogP contribution in [0.15, 0.2) is 109 Å². The third-order valence-corrected chi connectivity index (χ3v) is 12.3. The Morgan fingerprint density at radius 3 is 0.629 bits per heavy atom. The second-order valence-electron chi connectivity index (χ2n) is 14.7. The molecule has 0 atom stereocenters. The second kappa shape index (κ2) is 23.4. The van der Waals surface area contributed by atoms with Gasteiger partial charge in [0.15, 0.2) is 23.1 Å². The molecule has 0 aromatic heterocycles. The van der Waals surface area contributed by atoms with Crippen molar-refractivity contribution in [1.82, 2.24) is 0 Å². The third kappa shape index (κ3) is 12.4. The number of rotatable bonds is 24. The van der Waals surface area contributed by atoms with Crippen LogP contribution in [-0.4, -0.2) is 71.6 Å². The smallest absolute Gasteiger partial charge is 0.497 e. The molecule has 0 N–H and O–H groups in total. The summed E-state index contributed by atoms with van der Waals surface area (Å²) < 4.78 is 71.3. The van der Waals surface area contributed by atoms with E-state index in [4.69, 9.17) is 55.6 Å². The molecule has 19 heteroatoms. The topological polar surface area (TPSA) is 196 Å². The number of benzene rings is 6. The van der Waals surface area contributed by atoms with Gasteiger partial charge >= 0.3 is 17.2 Å². The number of Topliss-reactive ketones (excluding diaryl/α,β-unsaturated/α-hetero) is 4. The van der Waals surface area contributed by atoms with Crippen LogP contribution in [0, 0.1) is 0 Å². The van der Waals surface area contributed by atoms with Crippen LogP contribution in [0.25, 0.3) is 0 Å². The van der Waals surface area contributed by atoms with E-state index >= 15 is 4.79 Å². The summed E-state index contributed by atoms with van der Waals surface area (Å²) in [5.74, 6) is -0.474. The average Bonchev–Trinajstić information content (AvgIpc) is 3.35. The minimum Gasteiger partial charge on any atom is -0.497 e. The number of carbonyl (C=O) groups excluding carboxylic acids is 5. The van der Waals surface area contributed by atoms with Crippen molar-refractivity contribution in [2.45, 2.75) is 27.7 Å². The standard InChI is InChI=1S/C51H48O17P2/c1-29(52)39-17-11-33(57-5)23-45(39)63-69(64-46-24-34(58-6)12-18-40(46)30(2)53)67-49-27-37(61-9)15-21-43(49)51(56)44-22-16-38(62-10)28-50(44)68-70(65-47-25-35(59-7)13-19-41(47)31(3)54)66-48-26-36(60-8)14-20-42(48)32(4)55/h11-28H,1-10H3. The zero-order valence-electron chi connectivity index (χ0n) is 39.7. The molecule has 70 heavy (non-hydrogen) atoms. The van der Waals surface area contributed by atoms with Crippen molar-refractivity contribution in [3.8, 4) is 69.0 Å². The van der Waals surface area contributed by atoms with Crippen molar-refractivity contribution in [3.63, 3.8) is 0 Å². The molecule has 0 heterocycles. The Hall–Kier alpha value is -7.87. The molecule has 0 amide bonds. The van der Waals surface area contributed by atoms with E-state index in [1.165, 1.54) is 155 Å². The maximum Gasteiger partial charge on any atom is 0.530 e. The summed E-state index contributed by atoms with van der Waals surface area (Å²) in [4.78, 5) is 66.7. The number of ether oxygens (including phenoxy) is 6. The average molecular weight is 995 g/mol. The summed E-state index contributed by atoms with van der Waals surface area (Å²) in [6.45, 7) is 5.40. The molecule has 17 nitrogen and oxygen atoms in total. The van der Waals surface area contributed by atoms with Gasteiger partial charge in [-0.2, -0.15) is 0 Å². The number of methoxy groups -OCH3 is 6. The molecule has 0 aliphatic rings. The highest BCUT2D eigenvalue weighted by atomic mass is 31.2. The van der Waals surface area contributed by atoms with E-state index in [9.17, 15) is 19.2 Å². The number of ketones is 5. The number of hydrogen-bond donors (Lipinski definition) is 0. The largest absolute Gasteiger partial charge is 0.530 e. The van der Waals surface area contributed by atoms with E-state index in [0.717, 1.165) is 0 Å². The lowest BCUT2D eigenvalue weighted by Gasteiger charge is -2.23. The second-order valence-corrected chi connectivity index (χ2v) is 16.7. The van der Waals surface area contributed by atoms with Gasteiger partial charge in [0.05, 0.1) is 76.0 Å². The highest BCUT2D eigenvalue weighted by molar-refractivity contribution is 7.43. The fraction of sp³-hybridized carbons (Fsp3) is 0.196. The molecule has 0 unspecified atom stereocenters. The summed E-state index contributed by atoms with van der Waals surface area (Å²) in [6, 6.07) is 27.0. The molecular weight excluding hydrogens is 946 g/mol. The van der Waals surface area contributed by atoms with Gasteiger partial charge in [-0.25, -0.2) is 0 Å². The van der Waals surface area contributed by atoms with Crippen LogP contribution in [0.4, 0.5) is 0 Å². The Morgan fingerprint density at radius 1 is 0.286 bits per heavy atom. The van der Waals surface area contributed by atoms with E-state index < -0.39 is 23.0 Å². The molecule has 0 aliphatic carbocycles. The zero-order chi connectivity index (χ0) is 50.6. The quantitative estimate of drug-likeness (QED) is 0.0410. The SMILES string of the molecule is COc1ccc(C(C)=O)c(OP(Oc2cc(OC)ccc2C(C)=O)Oc2cc(OC)ccc2C(=O)c2ccc(OC)cc2OP(Oc2cc(OC)ccc2C(C)=O)Oc2cc(OC)ccc2C(C)=O)c1. The molecule has 364 valence electrons. The van der Waals surface area contributed by atoms with E-state index in [1.807, 2.05) is 0 Å². The molecule has 0 radical (unpaired) electrons. The van der Waals surface area contributed by atoms with Crippen LogP contribution in [-0.2, 0) is 0 Å². The Balaban J connectivity index is 1.49. The van der Waals surface area contributed by atoms with Gasteiger partial charge in [-0.15, -0.1) is 0 Å². The molecule has 0 saturated carbocycles. The lowest BCUT2D eigenvalue weighted by molar-refractivity contribution is 0.100. The molecule has 0 fully saturated rings. The highest BCUT2D eigenvalue weighted by Crippen LogP contribution is 2.50. The van der Waals surface area contributed by atoms with Gasteiger partial charge in [0.25, 0.3) is 0 Å². The highest BCUT2D eigenvalue weighted by Gasteiger charge is 2.32. The first-order valence-electron chi connectivity index (χ1n) is 20.9. The molecule has 0 bridgehead atoms. The predicted molar refractivity (Wildman–Crippen MR) is 259 cm³/mol. The summed E-state index contributed by atoms with van der Waals surface area (Å²) >= 11 is 0. The lowest BCUT2D eigenvalue weighted by Crippen LogP contribution is -2.12. The molecule has 0 spiro atoms. The van der Waals surface area contributed by atoms with Crippen LogP contribution in [0.2, 0.25) is 0 Å². The van der Waals surface area contributed by atoms with Gasteiger partial charge < -0.3 is 55.6 Å². The summed E-state index contributed by atoms with van der Waals surface area (Å²) in [5.41, 5.74) is 0.443. The summed E-state index contributed by atoms with van der Waals surface area (Å²) in [7, 11) is 3.12. The van der Waals surface area contributed by atoms with E-state index in [0.29, 0.717) is 23.0 Å². The van der Waals surface area contributed by atoms with Crippen molar-refractivity contribution < 1.29 is 79.5 Å². The predicted octanol–water partition coefficient (Wildman–Crippen LogP) is 11.3. The van der Waals surface area contributed by atoms with Crippen molar-refractivity contribution in [3.05, 3.63) is 143 Å². The summed E-state index contributed by atoms with van der Waals surface area (Å²) in [6.07, 6.45) is 0. The van der Waals surface area contributed by atoms with Gasteiger partial charge in [-0.3, -0.25) is 24.0 Å². The van der Waals surface area contributed by atoms with Crippen LogP contribution < -0.4 is 55.6 Å². The Morgan fingerprint density at radius 2 is 0.457 bits per heavy atom. The molecule has 6 aromatic carbocycles. The van der Waals surface area contributed by atoms with Gasteiger partial charge in [-0.05, 0) is 100 Å². The minimum absolute atomic E-state index is 0.00753. The molecule has 6 rings (SSSR count). The first kappa shape index (κ1) is 51.5. The van der Waals surface area contributed by atoms with Gasteiger partial charge in [-0.1, -0.05) is 0 Å². The van der Waals surface area contributed by atoms with Gasteiger partial charge in [0.2, 0.25) is 5.78 Å². The monoisotopic (exact) mass is 994 g/mol. The molecular formula is C51H48O17P2. The Kier molecular flexibility index (Phi) is 17.2. The van der Waals surface area contributed by atoms with Crippen LogP contribution >= 0.6 is 17.2 Å². The van der Waals surface area contributed by atoms with E-state index in [2.05, 4.69) is 0 Å². The van der Waals surface area contributed by atoms with Crippen LogP contribution in [0.1, 0.15) is 85.0 Å². The first-order valence-corrected chi connectivity index (χ1v) is 23.1. The fourth-order valence-corrected chi connectivity index (χ4v) is 8.60. The lowest BCUT2D eigenvalue weighted by atomic mass is 10.0. The van der Waals surface area contributed by atoms with Crippen molar-refractivity contribution in [2.75, 3.05) is 42.7 Å². The Labute approximate surface area is 406 Å².